The number of anilines is 1. The van der Waals surface area contributed by atoms with E-state index >= 15 is 0 Å². The molecule has 1 aromatic carbocycles. The molecule has 0 radical (unpaired) electrons. The number of benzene rings is 1. The van der Waals surface area contributed by atoms with Crippen LogP contribution in [0.15, 0.2) is 29.3 Å². The number of rotatable bonds is 5. The first-order valence-electron chi connectivity index (χ1n) is 9.10. The first-order valence-corrected chi connectivity index (χ1v) is 9.10. The Morgan fingerprint density at radius 3 is 1.96 bits per heavy atom. The minimum Gasteiger partial charge on any atom is -0.372 e. The Bertz CT molecular complexity index is 540. The van der Waals surface area contributed by atoms with Crippen molar-refractivity contribution in [1.29, 1.82) is 0 Å². The molecule has 0 spiro atoms. The molecule has 4 saturated heterocycles. The lowest BCUT2D eigenvalue weighted by Gasteiger charge is -2.50. The van der Waals surface area contributed by atoms with Gasteiger partial charge in [-0.2, -0.15) is 0 Å². The van der Waals surface area contributed by atoms with Gasteiger partial charge in [0.2, 0.25) is 25.5 Å². The summed E-state index contributed by atoms with van der Waals surface area (Å²) in [7, 11) is 0. The molecule has 4 aliphatic heterocycles. The van der Waals surface area contributed by atoms with Crippen LogP contribution in [-0.2, 0) is 0 Å². The van der Waals surface area contributed by atoms with Crippen molar-refractivity contribution in [3.63, 3.8) is 0 Å². The van der Waals surface area contributed by atoms with Crippen LogP contribution in [0.25, 0.3) is 0 Å². The summed E-state index contributed by atoms with van der Waals surface area (Å²) in [5.41, 5.74) is 2.73. The number of nitrogens with one attached hydrogen (secondary N) is 3. The van der Waals surface area contributed by atoms with Gasteiger partial charge in [0.25, 0.3) is 0 Å². The molecule has 23 heavy (non-hydrogen) atoms. The summed E-state index contributed by atoms with van der Waals surface area (Å²) in [6.45, 7) is 14.1. The molecule has 0 unspecified atom stereocenters. The van der Waals surface area contributed by atoms with Gasteiger partial charge < -0.3 is 4.90 Å². The van der Waals surface area contributed by atoms with Crippen LogP contribution < -0.4 is 19.6 Å². The van der Waals surface area contributed by atoms with Gasteiger partial charge in [-0.25, -0.2) is 14.7 Å². The van der Waals surface area contributed by atoms with Gasteiger partial charge in [-0.15, -0.1) is 0 Å². The van der Waals surface area contributed by atoms with Crippen LogP contribution in [0.5, 0.6) is 0 Å². The van der Waals surface area contributed by atoms with E-state index in [2.05, 4.69) is 49.2 Å². The van der Waals surface area contributed by atoms with Crippen molar-refractivity contribution < 1.29 is 14.7 Å². The van der Waals surface area contributed by atoms with E-state index in [0.717, 1.165) is 13.1 Å². The third-order valence-corrected chi connectivity index (χ3v) is 5.75. The molecular formula is C18H30N5+3. The molecule has 4 heterocycles. The van der Waals surface area contributed by atoms with Gasteiger partial charge in [-0.3, -0.25) is 4.99 Å². The van der Waals surface area contributed by atoms with Crippen molar-refractivity contribution in [3.05, 3.63) is 29.8 Å². The molecule has 124 valence electrons. The van der Waals surface area contributed by atoms with E-state index in [4.69, 9.17) is 4.99 Å². The Hall–Kier alpha value is -1.43. The summed E-state index contributed by atoms with van der Waals surface area (Å²) in [4.78, 5) is 12.7. The van der Waals surface area contributed by atoms with Crippen LogP contribution in [0.3, 0.4) is 0 Å². The molecule has 4 fully saturated rings. The highest BCUT2D eigenvalue weighted by Gasteiger charge is 2.57. The third-order valence-electron chi connectivity index (χ3n) is 5.75. The third kappa shape index (κ3) is 2.89. The molecule has 0 atom stereocenters. The summed E-state index contributed by atoms with van der Waals surface area (Å²) < 4.78 is 0. The average Bonchev–Trinajstić information content (AvgIpc) is 2.54. The Labute approximate surface area is 139 Å². The maximum Gasteiger partial charge on any atom is 0.213 e. The number of nitrogens with zero attached hydrogens (tertiary/aromatic N) is 2. The SMILES string of the molecule is CCN(CC)c1ccc(C=NC23C[NH+]4C[NH+](C[NH+](C4)C2)C3)cc1. The molecule has 5 rings (SSSR count). The smallest absolute Gasteiger partial charge is 0.213 e. The van der Waals surface area contributed by atoms with E-state index in [1.54, 1.807) is 14.7 Å². The average molecular weight is 316 g/mol. The van der Waals surface area contributed by atoms with Crippen molar-refractivity contribution in [2.45, 2.75) is 19.4 Å². The Balaban J connectivity index is 1.48. The summed E-state index contributed by atoms with van der Waals surface area (Å²) in [5, 5.41) is 0. The van der Waals surface area contributed by atoms with Crippen LogP contribution >= 0.6 is 0 Å². The van der Waals surface area contributed by atoms with E-state index in [-0.39, 0.29) is 5.54 Å². The summed E-state index contributed by atoms with van der Waals surface area (Å²) >= 11 is 0. The van der Waals surface area contributed by atoms with Gasteiger partial charge in [-0.05, 0) is 31.5 Å². The molecule has 3 N–H and O–H groups in total. The molecule has 0 saturated carbocycles. The van der Waals surface area contributed by atoms with Crippen LogP contribution in [0.1, 0.15) is 19.4 Å². The summed E-state index contributed by atoms with van der Waals surface area (Å²) in [6, 6.07) is 8.88. The van der Waals surface area contributed by atoms with Gasteiger partial charge in [-0.1, -0.05) is 12.1 Å². The van der Waals surface area contributed by atoms with E-state index in [1.807, 2.05) is 0 Å². The predicted molar refractivity (Wildman–Crippen MR) is 92.4 cm³/mol. The van der Waals surface area contributed by atoms with Crippen molar-refractivity contribution in [2.75, 3.05) is 57.6 Å². The van der Waals surface area contributed by atoms with E-state index < -0.39 is 0 Å². The van der Waals surface area contributed by atoms with E-state index in [1.165, 1.54) is 50.9 Å². The zero-order chi connectivity index (χ0) is 15.9. The van der Waals surface area contributed by atoms with E-state index in [0.29, 0.717) is 0 Å². The normalized spacial score (nSPS) is 35.1. The van der Waals surface area contributed by atoms with Crippen molar-refractivity contribution in [2.24, 2.45) is 4.99 Å². The van der Waals surface area contributed by atoms with Gasteiger partial charge in [0.15, 0.2) is 0 Å². The Morgan fingerprint density at radius 1 is 0.957 bits per heavy atom. The van der Waals surface area contributed by atoms with Crippen LogP contribution in [0.2, 0.25) is 0 Å². The topological polar surface area (TPSA) is 28.9 Å². The second-order valence-electron chi connectivity index (χ2n) is 7.56. The monoisotopic (exact) mass is 316 g/mol. The fourth-order valence-electron chi connectivity index (χ4n) is 4.92. The van der Waals surface area contributed by atoms with Crippen molar-refractivity contribution in [1.82, 2.24) is 0 Å². The molecule has 1 aromatic rings. The van der Waals surface area contributed by atoms with Crippen molar-refractivity contribution in [3.8, 4) is 0 Å². The number of hydrogen-bond donors (Lipinski definition) is 3. The minimum absolute atomic E-state index is 0.187. The largest absolute Gasteiger partial charge is 0.372 e. The molecule has 0 aliphatic carbocycles. The first-order chi connectivity index (χ1) is 11.2. The number of hydrogen-bond acceptors (Lipinski definition) is 2. The highest BCUT2D eigenvalue weighted by molar-refractivity contribution is 5.80. The summed E-state index contributed by atoms with van der Waals surface area (Å²) in [5.74, 6) is 0. The lowest BCUT2D eigenvalue weighted by molar-refractivity contribution is -1.29. The Kier molecular flexibility index (Phi) is 3.87. The van der Waals surface area contributed by atoms with E-state index in [9.17, 15) is 0 Å². The maximum atomic E-state index is 5.10. The highest BCUT2D eigenvalue weighted by atomic mass is 15.6. The maximum absolute atomic E-state index is 5.10. The highest BCUT2D eigenvalue weighted by Crippen LogP contribution is 2.15. The minimum atomic E-state index is 0.187. The summed E-state index contributed by atoms with van der Waals surface area (Å²) in [6.07, 6.45) is 2.13. The lowest BCUT2D eigenvalue weighted by atomic mass is 9.91. The predicted octanol–water partition coefficient (Wildman–Crippen LogP) is -2.74. The second kappa shape index (κ2) is 5.89. The zero-order valence-electron chi connectivity index (χ0n) is 14.4. The molecular weight excluding hydrogens is 286 g/mol. The van der Waals surface area contributed by atoms with Gasteiger partial charge >= 0.3 is 0 Å². The second-order valence-corrected chi connectivity index (χ2v) is 7.56. The quantitative estimate of drug-likeness (QED) is 0.506. The number of quaternary nitrogens is 3. The molecule has 4 bridgehead atoms. The molecule has 5 nitrogen and oxygen atoms in total. The van der Waals surface area contributed by atoms with Crippen LogP contribution in [-0.4, -0.2) is 64.5 Å². The molecule has 0 aromatic heterocycles. The van der Waals surface area contributed by atoms with Crippen LogP contribution in [0.4, 0.5) is 5.69 Å². The van der Waals surface area contributed by atoms with Gasteiger partial charge in [0, 0.05) is 25.0 Å². The van der Waals surface area contributed by atoms with Gasteiger partial charge in [0.05, 0.1) is 0 Å². The van der Waals surface area contributed by atoms with Gasteiger partial charge in [0.1, 0.15) is 19.6 Å². The molecule has 4 aliphatic rings. The Morgan fingerprint density at radius 2 is 1.48 bits per heavy atom. The fourth-order valence-corrected chi connectivity index (χ4v) is 4.92. The fraction of sp³-hybridized carbons (Fsp3) is 0.611. The standard InChI is InChI=1S/C18H27N5/c1-3-23(4-2)17-7-5-16(6-8-17)9-19-18-10-20-13-21(11-18)15-22(12-18)14-20/h5-9H,3-4,10-15H2,1-2H3/p+3. The zero-order valence-corrected chi connectivity index (χ0v) is 14.4. The van der Waals surface area contributed by atoms with Crippen LogP contribution in [0, 0.1) is 0 Å². The molecule has 5 heteroatoms. The van der Waals surface area contributed by atoms with Crippen molar-refractivity contribution >= 4 is 11.9 Å². The number of aliphatic imine (C=N–C) groups is 1. The molecule has 0 amide bonds. The first kappa shape index (κ1) is 15.1. The lowest BCUT2D eigenvalue weighted by Crippen LogP contribution is -3.56.